The molecule has 1 aromatic carbocycles. The molecule has 0 saturated heterocycles. The van der Waals surface area contributed by atoms with Crippen molar-refractivity contribution >= 4 is 32.5 Å². The molecule has 5 rings (SSSR count). The number of aromatic nitrogens is 3. The standard InChI is InChI=1S/C23H23N5OS/c24-22-9-6-15(13-26-22)16-10-19(14-25-12-16)29-18-7-8-20-21(11-18)30-23(28-20)27-17-4-2-1-3-5-17/h6-14,17H,1-5H2,(H2,24,26)(H,27,28). The van der Waals surface area contributed by atoms with E-state index in [9.17, 15) is 0 Å². The first-order chi connectivity index (χ1) is 14.7. The lowest BCUT2D eigenvalue weighted by atomic mass is 9.96. The van der Waals surface area contributed by atoms with Gasteiger partial charge >= 0.3 is 0 Å². The normalized spacial score (nSPS) is 14.7. The van der Waals surface area contributed by atoms with Gasteiger partial charge in [-0.25, -0.2) is 9.97 Å². The number of nitrogen functional groups attached to an aromatic ring is 1. The van der Waals surface area contributed by atoms with Crippen molar-refractivity contribution in [1.29, 1.82) is 0 Å². The molecule has 3 aromatic heterocycles. The fraction of sp³-hybridized carbons (Fsp3) is 0.261. The van der Waals surface area contributed by atoms with Crippen LogP contribution >= 0.6 is 11.3 Å². The Hall–Kier alpha value is -3.19. The highest BCUT2D eigenvalue weighted by Crippen LogP contribution is 2.33. The minimum absolute atomic E-state index is 0.495. The number of hydrogen-bond acceptors (Lipinski definition) is 7. The average Bonchev–Trinajstić information content (AvgIpc) is 3.17. The van der Waals surface area contributed by atoms with Gasteiger partial charge in [0.05, 0.1) is 16.4 Å². The number of nitrogens with two attached hydrogens (primary N) is 1. The fourth-order valence-corrected chi connectivity index (χ4v) is 4.77. The summed E-state index contributed by atoms with van der Waals surface area (Å²) in [5.41, 5.74) is 8.54. The summed E-state index contributed by atoms with van der Waals surface area (Å²) in [5, 5.41) is 4.60. The van der Waals surface area contributed by atoms with Crippen LogP contribution in [0.25, 0.3) is 21.3 Å². The molecule has 0 unspecified atom stereocenters. The van der Waals surface area contributed by atoms with E-state index >= 15 is 0 Å². The van der Waals surface area contributed by atoms with Crippen LogP contribution in [0.2, 0.25) is 0 Å². The van der Waals surface area contributed by atoms with E-state index in [4.69, 9.17) is 15.5 Å². The van der Waals surface area contributed by atoms with Crippen LogP contribution in [0.3, 0.4) is 0 Å². The van der Waals surface area contributed by atoms with Gasteiger partial charge in [0.1, 0.15) is 17.3 Å². The van der Waals surface area contributed by atoms with Gasteiger partial charge < -0.3 is 15.8 Å². The van der Waals surface area contributed by atoms with Gasteiger partial charge in [-0.1, -0.05) is 30.6 Å². The maximum Gasteiger partial charge on any atom is 0.184 e. The third-order valence-electron chi connectivity index (χ3n) is 5.36. The van der Waals surface area contributed by atoms with Crippen molar-refractivity contribution in [3.63, 3.8) is 0 Å². The monoisotopic (exact) mass is 417 g/mol. The number of ether oxygens (including phenoxy) is 1. The van der Waals surface area contributed by atoms with E-state index in [0.29, 0.717) is 17.6 Å². The van der Waals surface area contributed by atoms with Gasteiger partial charge in [-0.3, -0.25) is 4.98 Å². The molecule has 1 aliphatic rings. The Morgan fingerprint density at radius 3 is 2.67 bits per heavy atom. The highest BCUT2D eigenvalue weighted by molar-refractivity contribution is 7.22. The Bertz CT molecular complexity index is 1150. The lowest BCUT2D eigenvalue weighted by molar-refractivity contribution is 0.462. The fourth-order valence-electron chi connectivity index (χ4n) is 3.80. The predicted molar refractivity (Wildman–Crippen MR) is 122 cm³/mol. The zero-order chi connectivity index (χ0) is 20.3. The predicted octanol–water partition coefficient (Wildman–Crippen LogP) is 5.87. The third kappa shape index (κ3) is 4.21. The Kier molecular flexibility index (Phi) is 5.19. The van der Waals surface area contributed by atoms with Crippen LogP contribution in [0.1, 0.15) is 32.1 Å². The molecule has 3 N–H and O–H groups in total. The lowest BCUT2D eigenvalue weighted by Crippen LogP contribution is -2.21. The van der Waals surface area contributed by atoms with Crippen LogP contribution in [0, 0.1) is 0 Å². The summed E-state index contributed by atoms with van der Waals surface area (Å²) in [6.45, 7) is 0. The van der Waals surface area contributed by atoms with Crippen LogP contribution in [0.15, 0.2) is 55.0 Å². The molecule has 1 saturated carbocycles. The lowest BCUT2D eigenvalue weighted by Gasteiger charge is -2.22. The Balaban J connectivity index is 1.34. The minimum atomic E-state index is 0.495. The third-order valence-corrected chi connectivity index (χ3v) is 6.31. The molecule has 1 aliphatic carbocycles. The molecule has 7 heteroatoms. The van der Waals surface area contributed by atoms with Gasteiger partial charge in [-0.15, -0.1) is 0 Å². The number of fused-ring (bicyclic) bond motifs is 1. The van der Waals surface area contributed by atoms with Crippen molar-refractivity contribution in [1.82, 2.24) is 15.0 Å². The van der Waals surface area contributed by atoms with Gasteiger partial charge in [-0.2, -0.15) is 0 Å². The van der Waals surface area contributed by atoms with E-state index in [2.05, 4.69) is 15.3 Å². The Morgan fingerprint density at radius 2 is 1.83 bits per heavy atom. The summed E-state index contributed by atoms with van der Waals surface area (Å²) >= 11 is 1.68. The van der Waals surface area contributed by atoms with Gasteiger partial charge in [-0.05, 0) is 43.2 Å². The molecule has 4 aromatic rings. The summed E-state index contributed by atoms with van der Waals surface area (Å²) in [7, 11) is 0. The first kappa shape index (κ1) is 18.8. The molecular formula is C23H23N5OS. The van der Waals surface area contributed by atoms with Gasteiger partial charge in [0.2, 0.25) is 0 Å². The Morgan fingerprint density at radius 1 is 0.933 bits per heavy atom. The largest absolute Gasteiger partial charge is 0.456 e. The SMILES string of the molecule is Nc1ccc(-c2cncc(Oc3ccc4nc(NC5CCCCC5)sc4c3)c2)cn1. The number of nitrogens with zero attached hydrogens (tertiary/aromatic N) is 3. The number of anilines is 2. The molecule has 0 atom stereocenters. The number of nitrogens with one attached hydrogen (secondary N) is 1. The molecule has 152 valence electrons. The van der Waals surface area contributed by atoms with E-state index in [-0.39, 0.29) is 0 Å². The molecule has 30 heavy (non-hydrogen) atoms. The highest BCUT2D eigenvalue weighted by atomic mass is 32.1. The highest BCUT2D eigenvalue weighted by Gasteiger charge is 2.15. The van der Waals surface area contributed by atoms with Crippen molar-refractivity contribution in [2.75, 3.05) is 11.1 Å². The van der Waals surface area contributed by atoms with Crippen LogP contribution < -0.4 is 15.8 Å². The van der Waals surface area contributed by atoms with Gasteiger partial charge in [0, 0.05) is 35.6 Å². The maximum atomic E-state index is 6.08. The molecule has 0 bridgehead atoms. The summed E-state index contributed by atoms with van der Waals surface area (Å²) in [4.78, 5) is 13.2. The van der Waals surface area contributed by atoms with Crippen molar-refractivity contribution in [2.24, 2.45) is 0 Å². The summed E-state index contributed by atoms with van der Waals surface area (Å²) in [6.07, 6.45) is 11.7. The molecule has 3 heterocycles. The van der Waals surface area contributed by atoms with Crippen molar-refractivity contribution in [2.45, 2.75) is 38.1 Å². The second kappa shape index (κ2) is 8.28. The summed E-state index contributed by atoms with van der Waals surface area (Å²) < 4.78 is 7.19. The second-order valence-corrected chi connectivity index (χ2v) is 8.64. The Labute approximate surface area is 179 Å². The molecule has 6 nitrogen and oxygen atoms in total. The summed E-state index contributed by atoms with van der Waals surface area (Å²) in [6, 6.07) is 12.2. The second-order valence-electron chi connectivity index (χ2n) is 7.61. The van der Waals surface area contributed by atoms with E-state index in [0.717, 1.165) is 32.2 Å². The minimum Gasteiger partial charge on any atom is -0.456 e. The quantitative estimate of drug-likeness (QED) is 0.422. The van der Waals surface area contributed by atoms with Crippen LogP contribution in [0.5, 0.6) is 11.5 Å². The number of rotatable bonds is 5. The van der Waals surface area contributed by atoms with E-state index < -0.39 is 0 Å². The van der Waals surface area contributed by atoms with E-state index in [1.54, 1.807) is 36.0 Å². The van der Waals surface area contributed by atoms with Crippen LogP contribution in [0.4, 0.5) is 10.9 Å². The molecular weight excluding hydrogens is 394 g/mol. The van der Waals surface area contributed by atoms with Crippen molar-refractivity contribution < 1.29 is 4.74 Å². The van der Waals surface area contributed by atoms with Crippen molar-refractivity contribution in [3.05, 3.63) is 55.0 Å². The maximum absolute atomic E-state index is 6.08. The first-order valence-electron chi connectivity index (χ1n) is 10.2. The van der Waals surface area contributed by atoms with Crippen LogP contribution in [-0.4, -0.2) is 21.0 Å². The molecule has 1 fully saturated rings. The number of thiazole rings is 1. The van der Waals surface area contributed by atoms with E-state index in [1.165, 1.54) is 32.1 Å². The summed E-state index contributed by atoms with van der Waals surface area (Å²) in [5.74, 6) is 1.94. The topological polar surface area (TPSA) is 86.0 Å². The van der Waals surface area contributed by atoms with Gasteiger partial charge in [0.15, 0.2) is 5.13 Å². The van der Waals surface area contributed by atoms with Crippen molar-refractivity contribution in [3.8, 4) is 22.6 Å². The number of pyridine rings is 2. The molecule has 0 aliphatic heterocycles. The van der Waals surface area contributed by atoms with Gasteiger partial charge in [0.25, 0.3) is 0 Å². The average molecular weight is 418 g/mol. The molecule has 0 amide bonds. The van der Waals surface area contributed by atoms with Crippen LogP contribution in [-0.2, 0) is 0 Å². The zero-order valence-corrected chi connectivity index (χ0v) is 17.4. The first-order valence-corrected chi connectivity index (χ1v) is 11.1. The van der Waals surface area contributed by atoms with E-state index in [1.807, 2.05) is 30.3 Å². The molecule has 0 spiro atoms. The number of benzene rings is 1. The smallest absolute Gasteiger partial charge is 0.184 e. The molecule has 0 radical (unpaired) electrons. The number of hydrogen-bond donors (Lipinski definition) is 2. The zero-order valence-electron chi connectivity index (χ0n) is 16.5.